The van der Waals surface area contributed by atoms with Gasteiger partial charge in [0.2, 0.25) is 6.43 Å². The van der Waals surface area contributed by atoms with Crippen LogP contribution in [0.15, 0.2) is 22.5 Å². The Morgan fingerprint density at radius 3 is 2.66 bits per heavy atom. The van der Waals surface area contributed by atoms with Crippen LogP contribution in [0.1, 0.15) is 44.3 Å². The lowest BCUT2D eigenvalue weighted by molar-refractivity contribution is 0.177. The van der Waals surface area contributed by atoms with Crippen molar-refractivity contribution in [1.82, 2.24) is 14.7 Å². The molecular formula is C23H36F2N6S. The summed E-state index contributed by atoms with van der Waals surface area (Å²) >= 11 is 0.951. The van der Waals surface area contributed by atoms with Gasteiger partial charge in [-0.2, -0.15) is 5.10 Å². The molecule has 0 amide bonds. The molecule has 1 N–H and O–H groups in total. The van der Waals surface area contributed by atoms with E-state index < -0.39 is 6.43 Å². The molecule has 0 radical (unpaired) electrons. The van der Waals surface area contributed by atoms with Gasteiger partial charge in [0.05, 0.1) is 22.7 Å². The third-order valence-corrected chi connectivity index (χ3v) is 6.74. The third kappa shape index (κ3) is 6.51. The first-order valence-corrected chi connectivity index (χ1v) is 12.0. The maximum absolute atomic E-state index is 12.9. The Kier molecular flexibility index (Phi) is 10.1. The maximum Gasteiger partial charge on any atom is 0.247 e. The highest BCUT2D eigenvalue weighted by molar-refractivity contribution is 8.14. The largest absolute Gasteiger partial charge is 0.373 e. The number of imidazole rings is 1. The van der Waals surface area contributed by atoms with Crippen molar-refractivity contribution in [3.63, 3.8) is 0 Å². The first kappa shape index (κ1) is 26.3. The molecule has 2 aromatic rings. The van der Waals surface area contributed by atoms with Crippen LogP contribution in [0.4, 0.5) is 14.5 Å². The number of nitrogens with zero attached hydrogens (tertiary/aromatic N) is 5. The molecule has 0 bridgehead atoms. The molecule has 32 heavy (non-hydrogen) atoms. The molecule has 0 saturated heterocycles. The fraction of sp³-hybridized carbons (Fsp3) is 0.609. The van der Waals surface area contributed by atoms with Crippen LogP contribution in [0.2, 0.25) is 0 Å². The number of rotatable bonds is 12. The van der Waals surface area contributed by atoms with Gasteiger partial charge in [-0.15, -0.1) is 5.10 Å². The zero-order chi connectivity index (χ0) is 23.8. The van der Waals surface area contributed by atoms with E-state index in [0.717, 1.165) is 60.2 Å². The number of nitrogens with one attached hydrogen (secondary N) is 1. The molecule has 0 fully saturated rings. The van der Waals surface area contributed by atoms with Gasteiger partial charge in [0.1, 0.15) is 0 Å². The van der Waals surface area contributed by atoms with Crippen molar-refractivity contribution in [3.8, 4) is 0 Å². The van der Waals surface area contributed by atoms with E-state index in [2.05, 4.69) is 54.1 Å². The van der Waals surface area contributed by atoms with Gasteiger partial charge in [-0.3, -0.25) is 4.40 Å². The number of hydrogen-bond acceptors (Lipinski definition) is 6. The average molecular weight is 467 g/mol. The van der Waals surface area contributed by atoms with Crippen LogP contribution in [0.3, 0.4) is 0 Å². The molecule has 2 heterocycles. The molecule has 0 aliphatic carbocycles. The van der Waals surface area contributed by atoms with Gasteiger partial charge in [-0.05, 0) is 56.8 Å². The summed E-state index contributed by atoms with van der Waals surface area (Å²) in [5, 5.41) is 11.2. The number of aromatic nitrogens is 2. The summed E-state index contributed by atoms with van der Waals surface area (Å²) in [4.78, 5) is 7.05. The molecule has 0 unspecified atom stereocenters. The highest BCUT2D eigenvalue weighted by Crippen LogP contribution is 2.30. The van der Waals surface area contributed by atoms with Crippen LogP contribution in [-0.4, -0.2) is 60.5 Å². The van der Waals surface area contributed by atoms with E-state index in [1.54, 1.807) is 0 Å². The second-order valence-corrected chi connectivity index (χ2v) is 9.34. The molecule has 9 heteroatoms. The van der Waals surface area contributed by atoms with Crippen LogP contribution in [0, 0.1) is 18.8 Å². The number of pyridine rings is 1. The number of anilines is 1. The normalized spacial score (nSPS) is 14.2. The van der Waals surface area contributed by atoms with Gasteiger partial charge in [0.15, 0.2) is 10.9 Å². The van der Waals surface area contributed by atoms with E-state index in [4.69, 9.17) is 4.98 Å². The second-order valence-electron chi connectivity index (χ2n) is 8.33. The van der Waals surface area contributed by atoms with Crippen LogP contribution in [0.5, 0.6) is 0 Å². The Labute approximate surface area is 194 Å². The van der Waals surface area contributed by atoms with Gasteiger partial charge in [0.25, 0.3) is 0 Å². The number of fused-ring (bicyclic) bond motifs is 1. The van der Waals surface area contributed by atoms with Gasteiger partial charge in [0, 0.05) is 26.5 Å². The SMILES string of the molecule is C=N/N=C(\SCC(F)F)c1nc(CC)c2c(N(C)CC[C@@H](C)[C@H](C)CNC)cc(C)cn12. The number of hydrogen-bond donors (Lipinski definition) is 1. The molecule has 6 nitrogen and oxygen atoms in total. The smallest absolute Gasteiger partial charge is 0.247 e. The van der Waals surface area contributed by atoms with Gasteiger partial charge >= 0.3 is 0 Å². The molecule has 2 aromatic heterocycles. The highest BCUT2D eigenvalue weighted by Gasteiger charge is 2.22. The summed E-state index contributed by atoms with van der Waals surface area (Å²) in [6.07, 6.45) is 1.33. The minimum Gasteiger partial charge on any atom is -0.373 e. The summed E-state index contributed by atoms with van der Waals surface area (Å²) in [6.45, 7) is 14.0. The minimum absolute atomic E-state index is 0.351. The van der Waals surface area contributed by atoms with Crippen molar-refractivity contribution in [3.05, 3.63) is 29.3 Å². The Morgan fingerprint density at radius 1 is 1.34 bits per heavy atom. The second kappa shape index (κ2) is 12.3. The molecule has 0 aliphatic heterocycles. The summed E-state index contributed by atoms with van der Waals surface area (Å²) < 4.78 is 27.7. The topological polar surface area (TPSA) is 57.3 Å². The number of thioether (sulfide) groups is 1. The van der Waals surface area contributed by atoms with Crippen molar-refractivity contribution in [2.45, 2.75) is 47.0 Å². The van der Waals surface area contributed by atoms with E-state index in [1.807, 2.05) is 31.5 Å². The van der Waals surface area contributed by atoms with E-state index in [1.165, 1.54) is 0 Å². The predicted octanol–water partition coefficient (Wildman–Crippen LogP) is 4.88. The monoisotopic (exact) mass is 466 g/mol. The van der Waals surface area contributed by atoms with Crippen molar-refractivity contribution in [2.24, 2.45) is 22.0 Å². The Balaban J connectivity index is 2.45. The summed E-state index contributed by atoms with van der Waals surface area (Å²) in [6, 6.07) is 2.16. The number of aryl methyl sites for hydroxylation is 2. The zero-order valence-corrected chi connectivity index (χ0v) is 20.8. The fourth-order valence-corrected chi connectivity index (χ4v) is 4.43. The Bertz CT molecular complexity index is 927. The van der Waals surface area contributed by atoms with Crippen LogP contribution >= 0.6 is 11.8 Å². The molecule has 0 aliphatic rings. The zero-order valence-electron chi connectivity index (χ0n) is 20.0. The predicted molar refractivity (Wildman–Crippen MR) is 134 cm³/mol. The van der Waals surface area contributed by atoms with E-state index >= 15 is 0 Å². The summed E-state index contributed by atoms with van der Waals surface area (Å²) in [5.41, 5.74) is 4.04. The van der Waals surface area contributed by atoms with Crippen molar-refractivity contribution >= 4 is 34.7 Å². The maximum atomic E-state index is 12.9. The summed E-state index contributed by atoms with van der Waals surface area (Å²) in [7, 11) is 4.09. The number of alkyl halides is 2. The van der Waals surface area contributed by atoms with Gasteiger partial charge in [-0.25, -0.2) is 13.8 Å². The van der Waals surface area contributed by atoms with Crippen molar-refractivity contribution < 1.29 is 8.78 Å². The lowest BCUT2D eigenvalue weighted by Crippen LogP contribution is -2.26. The first-order valence-electron chi connectivity index (χ1n) is 11.1. The lowest BCUT2D eigenvalue weighted by atomic mass is 9.92. The van der Waals surface area contributed by atoms with Crippen molar-refractivity contribution in [2.75, 3.05) is 37.8 Å². The molecule has 0 spiro atoms. The third-order valence-electron chi connectivity index (χ3n) is 5.79. The molecular weight excluding hydrogens is 430 g/mol. The number of halogens is 2. The quantitative estimate of drug-likeness (QED) is 0.275. The molecule has 0 saturated carbocycles. The first-order chi connectivity index (χ1) is 15.2. The van der Waals surface area contributed by atoms with E-state index in [9.17, 15) is 8.78 Å². The van der Waals surface area contributed by atoms with E-state index in [0.29, 0.717) is 22.7 Å². The Morgan fingerprint density at radius 2 is 2.06 bits per heavy atom. The van der Waals surface area contributed by atoms with Crippen LogP contribution < -0.4 is 10.2 Å². The Hall–Kier alpha value is -2.00. The van der Waals surface area contributed by atoms with Gasteiger partial charge < -0.3 is 10.2 Å². The minimum atomic E-state index is -2.44. The standard InChI is InChI=1S/C23H36F2N6S/c1-8-18-21-19(30(7)10-9-16(3)17(4)12-26-5)11-15(2)13-31(21)22(28-18)23(29-27-6)32-14-20(24)25/h11,13,16-17,20,26H,6,8-10,12,14H2,1-5,7H3/b29-23-/t16-,17-/m1/s1. The molecule has 2 atom stereocenters. The molecule has 2 rings (SSSR count). The van der Waals surface area contributed by atoms with E-state index in [-0.39, 0.29) is 5.75 Å². The van der Waals surface area contributed by atoms with Crippen LogP contribution in [0.25, 0.3) is 5.52 Å². The van der Waals surface area contributed by atoms with Gasteiger partial charge in [-0.1, -0.05) is 32.5 Å². The fourth-order valence-electron chi connectivity index (χ4n) is 3.76. The molecule has 0 aromatic carbocycles. The lowest BCUT2D eigenvalue weighted by Gasteiger charge is -2.26. The average Bonchev–Trinajstić information content (AvgIpc) is 3.12. The summed E-state index contributed by atoms with van der Waals surface area (Å²) in [5.74, 6) is 1.34. The van der Waals surface area contributed by atoms with Crippen LogP contribution in [-0.2, 0) is 6.42 Å². The molecule has 178 valence electrons. The van der Waals surface area contributed by atoms with Crippen molar-refractivity contribution in [1.29, 1.82) is 0 Å². The highest BCUT2D eigenvalue weighted by atomic mass is 32.2.